The van der Waals surface area contributed by atoms with E-state index in [4.69, 9.17) is 9.47 Å². The van der Waals surface area contributed by atoms with E-state index in [1.165, 1.54) is 0 Å². The molecule has 0 aromatic heterocycles. The van der Waals surface area contributed by atoms with Crippen LogP contribution in [0.4, 0.5) is 18.9 Å². The third-order valence-corrected chi connectivity index (χ3v) is 3.75. The number of esters is 1. The topological polar surface area (TPSA) is 64.6 Å². The van der Waals surface area contributed by atoms with Crippen LogP contribution in [-0.4, -0.2) is 25.1 Å². The molecule has 0 fully saturated rings. The predicted molar refractivity (Wildman–Crippen MR) is 95.3 cm³/mol. The Kier molecular flexibility index (Phi) is 5.78. The fourth-order valence-corrected chi connectivity index (χ4v) is 2.40. The maximum atomic E-state index is 13.5. The molecule has 5 nitrogen and oxygen atoms in total. The van der Waals surface area contributed by atoms with Crippen LogP contribution in [0.5, 0.6) is 5.75 Å². The van der Waals surface area contributed by atoms with E-state index in [1.54, 1.807) is 12.1 Å². The lowest BCUT2D eigenvalue weighted by Crippen LogP contribution is -2.24. The zero-order valence-corrected chi connectivity index (χ0v) is 14.4. The van der Waals surface area contributed by atoms with Crippen LogP contribution >= 0.6 is 0 Å². The Morgan fingerprint density at radius 3 is 2.39 bits per heavy atom. The molecular formula is C20H14F3NO4. The van der Waals surface area contributed by atoms with E-state index in [9.17, 15) is 22.8 Å². The van der Waals surface area contributed by atoms with Gasteiger partial charge in [-0.3, -0.25) is 4.79 Å². The van der Waals surface area contributed by atoms with Crippen molar-refractivity contribution in [2.45, 2.75) is 0 Å². The van der Waals surface area contributed by atoms with Gasteiger partial charge in [-0.1, -0.05) is 30.3 Å². The van der Waals surface area contributed by atoms with Gasteiger partial charge in [0.1, 0.15) is 5.75 Å². The highest BCUT2D eigenvalue weighted by atomic mass is 19.2. The molecule has 3 aromatic rings. The van der Waals surface area contributed by atoms with E-state index in [0.717, 1.165) is 16.8 Å². The van der Waals surface area contributed by atoms with Crippen LogP contribution in [0.25, 0.3) is 10.8 Å². The molecule has 0 radical (unpaired) electrons. The van der Waals surface area contributed by atoms with Crippen LogP contribution in [0.15, 0.2) is 54.6 Å². The minimum Gasteiger partial charge on any atom is -0.482 e. The van der Waals surface area contributed by atoms with Crippen LogP contribution < -0.4 is 10.1 Å². The predicted octanol–water partition coefficient (Wildman–Crippen LogP) is 3.82. The summed E-state index contributed by atoms with van der Waals surface area (Å²) < 4.78 is 49.5. The Morgan fingerprint density at radius 2 is 1.61 bits per heavy atom. The number of rotatable bonds is 6. The first-order valence-corrected chi connectivity index (χ1v) is 8.14. The molecule has 144 valence electrons. The molecule has 0 aliphatic heterocycles. The van der Waals surface area contributed by atoms with Crippen molar-refractivity contribution in [2.24, 2.45) is 0 Å². The molecule has 0 bridgehead atoms. The van der Waals surface area contributed by atoms with Gasteiger partial charge in [0, 0.05) is 0 Å². The van der Waals surface area contributed by atoms with Crippen LogP contribution in [0.1, 0.15) is 0 Å². The number of hydrogen-bond donors (Lipinski definition) is 1. The molecule has 0 aliphatic rings. The van der Waals surface area contributed by atoms with Gasteiger partial charge in [-0.15, -0.1) is 0 Å². The second kappa shape index (κ2) is 8.43. The van der Waals surface area contributed by atoms with E-state index in [2.05, 4.69) is 0 Å². The zero-order chi connectivity index (χ0) is 20.1. The SMILES string of the molecule is O=C(COC(=O)COc1ccc2ccccc2c1)Nc1ccc(F)c(F)c1F. The molecule has 1 amide bonds. The summed E-state index contributed by atoms with van der Waals surface area (Å²) >= 11 is 0. The smallest absolute Gasteiger partial charge is 0.344 e. The number of anilines is 1. The molecule has 28 heavy (non-hydrogen) atoms. The van der Waals surface area contributed by atoms with E-state index in [1.807, 2.05) is 35.6 Å². The molecule has 0 heterocycles. The second-order valence-electron chi connectivity index (χ2n) is 5.73. The van der Waals surface area contributed by atoms with Gasteiger partial charge in [0.25, 0.3) is 5.91 Å². The number of nitrogens with one attached hydrogen (secondary N) is 1. The summed E-state index contributed by atoms with van der Waals surface area (Å²) in [6.45, 7) is -1.18. The van der Waals surface area contributed by atoms with Gasteiger partial charge in [0.2, 0.25) is 0 Å². The Bertz CT molecular complexity index is 1040. The van der Waals surface area contributed by atoms with Crippen molar-refractivity contribution in [1.29, 1.82) is 0 Å². The first-order chi connectivity index (χ1) is 13.4. The van der Waals surface area contributed by atoms with E-state index < -0.39 is 48.2 Å². The molecule has 0 saturated heterocycles. The number of hydrogen-bond acceptors (Lipinski definition) is 4. The molecule has 3 aromatic carbocycles. The minimum absolute atomic E-state index is 0.439. The van der Waals surface area contributed by atoms with Gasteiger partial charge in [-0.05, 0) is 35.0 Å². The Labute approximate surface area is 157 Å². The van der Waals surface area contributed by atoms with Crippen LogP contribution in [0, 0.1) is 17.5 Å². The number of amides is 1. The Morgan fingerprint density at radius 1 is 0.857 bits per heavy atom. The number of halogens is 3. The van der Waals surface area contributed by atoms with Crippen molar-refractivity contribution < 1.29 is 32.2 Å². The Balaban J connectivity index is 1.48. The molecule has 3 rings (SSSR count). The summed E-state index contributed by atoms with van der Waals surface area (Å²) in [5, 5.41) is 3.93. The van der Waals surface area contributed by atoms with Crippen molar-refractivity contribution in [3.63, 3.8) is 0 Å². The van der Waals surface area contributed by atoms with Gasteiger partial charge >= 0.3 is 5.97 Å². The zero-order valence-electron chi connectivity index (χ0n) is 14.4. The van der Waals surface area contributed by atoms with Crippen molar-refractivity contribution >= 4 is 28.3 Å². The third-order valence-electron chi connectivity index (χ3n) is 3.75. The van der Waals surface area contributed by atoms with Crippen LogP contribution in [0.2, 0.25) is 0 Å². The number of carbonyl (C=O) groups excluding carboxylic acids is 2. The van der Waals surface area contributed by atoms with Gasteiger partial charge in [0.05, 0.1) is 5.69 Å². The maximum absolute atomic E-state index is 13.5. The molecule has 1 N–H and O–H groups in total. The summed E-state index contributed by atoms with van der Waals surface area (Å²) in [7, 11) is 0. The standard InChI is InChI=1S/C20H14F3NO4/c21-15-7-8-16(20(23)19(15)22)24-17(25)10-28-18(26)11-27-14-6-5-12-3-1-2-4-13(12)9-14/h1-9H,10-11H2,(H,24,25). The van der Waals surface area contributed by atoms with Crippen molar-refractivity contribution in [3.05, 3.63) is 72.0 Å². The fourth-order valence-electron chi connectivity index (χ4n) is 2.40. The van der Waals surface area contributed by atoms with Crippen molar-refractivity contribution in [2.75, 3.05) is 18.5 Å². The molecule has 8 heteroatoms. The average Bonchev–Trinajstić information content (AvgIpc) is 2.71. The molecule has 0 atom stereocenters. The van der Waals surface area contributed by atoms with Crippen LogP contribution in [0.3, 0.4) is 0 Å². The molecule has 0 spiro atoms. The normalized spacial score (nSPS) is 10.5. The second-order valence-corrected chi connectivity index (χ2v) is 5.73. The van der Waals surface area contributed by atoms with E-state index in [0.29, 0.717) is 11.8 Å². The quantitative estimate of drug-likeness (QED) is 0.514. The van der Waals surface area contributed by atoms with Gasteiger partial charge in [-0.25, -0.2) is 18.0 Å². The van der Waals surface area contributed by atoms with E-state index in [-0.39, 0.29) is 0 Å². The lowest BCUT2D eigenvalue weighted by atomic mass is 10.1. The number of ether oxygens (including phenoxy) is 2. The largest absolute Gasteiger partial charge is 0.482 e. The summed E-state index contributed by atoms with van der Waals surface area (Å²) in [5.74, 6) is -5.92. The van der Waals surface area contributed by atoms with Gasteiger partial charge in [-0.2, -0.15) is 0 Å². The summed E-state index contributed by atoms with van der Waals surface area (Å²) in [5.41, 5.74) is -0.563. The minimum atomic E-state index is -1.71. The van der Waals surface area contributed by atoms with Crippen molar-refractivity contribution in [3.8, 4) is 5.75 Å². The first-order valence-electron chi connectivity index (χ1n) is 8.14. The monoisotopic (exact) mass is 389 g/mol. The lowest BCUT2D eigenvalue weighted by molar-refractivity contribution is -0.149. The van der Waals surface area contributed by atoms with E-state index >= 15 is 0 Å². The highest BCUT2D eigenvalue weighted by Gasteiger charge is 2.16. The summed E-state index contributed by atoms with van der Waals surface area (Å²) in [6, 6.07) is 14.4. The molecule has 0 aliphatic carbocycles. The third kappa shape index (κ3) is 4.59. The van der Waals surface area contributed by atoms with Gasteiger partial charge in [0.15, 0.2) is 30.7 Å². The Hall–Kier alpha value is -3.55. The number of benzene rings is 3. The average molecular weight is 389 g/mol. The first kappa shape index (κ1) is 19.2. The lowest BCUT2D eigenvalue weighted by Gasteiger charge is -2.09. The molecular weight excluding hydrogens is 375 g/mol. The molecule has 0 unspecified atom stereocenters. The highest BCUT2D eigenvalue weighted by Crippen LogP contribution is 2.21. The van der Waals surface area contributed by atoms with Crippen LogP contribution in [-0.2, 0) is 14.3 Å². The fraction of sp³-hybridized carbons (Fsp3) is 0.100. The number of fused-ring (bicyclic) bond motifs is 1. The number of carbonyl (C=O) groups is 2. The summed E-state index contributed by atoms with van der Waals surface area (Å²) in [4.78, 5) is 23.4. The van der Waals surface area contributed by atoms with Gasteiger partial charge < -0.3 is 14.8 Å². The highest BCUT2D eigenvalue weighted by molar-refractivity contribution is 5.93. The summed E-state index contributed by atoms with van der Waals surface area (Å²) in [6.07, 6.45) is 0. The van der Waals surface area contributed by atoms with Crippen molar-refractivity contribution in [1.82, 2.24) is 0 Å². The maximum Gasteiger partial charge on any atom is 0.344 e. The molecule has 0 saturated carbocycles.